The third-order valence-corrected chi connectivity index (χ3v) is 3.05. The monoisotopic (exact) mass is 266 g/mol. The summed E-state index contributed by atoms with van der Waals surface area (Å²) < 4.78 is 1.61. The van der Waals surface area contributed by atoms with E-state index in [9.17, 15) is 0 Å². The molecule has 2 aromatic heterocycles. The largest absolute Gasteiger partial charge is 0.399 e. The minimum Gasteiger partial charge on any atom is -0.399 e. The summed E-state index contributed by atoms with van der Waals surface area (Å²) >= 11 is 0. The quantitative estimate of drug-likeness (QED) is 0.716. The SMILES string of the molecule is Cc1ncc(-n2cnc(-c3cccc(N)c3)n2)nc1C. The van der Waals surface area contributed by atoms with Crippen LogP contribution in [0.1, 0.15) is 11.4 Å². The Morgan fingerprint density at radius 3 is 2.70 bits per heavy atom. The molecule has 6 heteroatoms. The van der Waals surface area contributed by atoms with Gasteiger partial charge in [0.15, 0.2) is 11.6 Å². The molecular formula is C14H14N6. The Balaban J connectivity index is 1.99. The second-order valence-electron chi connectivity index (χ2n) is 4.54. The number of aromatic nitrogens is 5. The van der Waals surface area contributed by atoms with Gasteiger partial charge in [-0.3, -0.25) is 4.98 Å². The van der Waals surface area contributed by atoms with Gasteiger partial charge in [-0.05, 0) is 26.0 Å². The molecule has 0 atom stereocenters. The fourth-order valence-corrected chi connectivity index (χ4v) is 1.82. The van der Waals surface area contributed by atoms with Gasteiger partial charge in [0.25, 0.3) is 0 Å². The van der Waals surface area contributed by atoms with E-state index in [1.165, 1.54) is 0 Å². The first-order valence-corrected chi connectivity index (χ1v) is 6.21. The first-order valence-electron chi connectivity index (χ1n) is 6.21. The molecule has 0 amide bonds. The molecule has 0 unspecified atom stereocenters. The number of benzene rings is 1. The molecule has 20 heavy (non-hydrogen) atoms. The highest BCUT2D eigenvalue weighted by molar-refractivity contribution is 5.60. The van der Waals surface area contributed by atoms with Crippen molar-refractivity contribution in [2.45, 2.75) is 13.8 Å². The predicted octanol–water partition coefficient (Wildman–Crippen LogP) is 1.92. The van der Waals surface area contributed by atoms with E-state index in [-0.39, 0.29) is 0 Å². The van der Waals surface area contributed by atoms with Crippen LogP contribution in [-0.4, -0.2) is 24.7 Å². The molecule has 0 spiro atoms. The van der Waals surface area contributed by atoms with Gasteiger partial charge in [0.2, 0.25) is 0 Å². The molecule has 0 saturated heterocycles. The number of anilines is 1. The van der Waals surface area contributed by atoms with Crippen molar-refractivity contribution in [1.29, 1.82) is 0 Å². The molecule has 0 aliphatic heterocycles. The third kappa shape index (κ3) is 2.23. The number of hydrogen-bond donors (Lipinski definition) is 1. The van der Waals surface area contributed by atoms with Crippen molar-refractivity contribution in [3.63, 3.8) is 0 Å². The van der Waals surface area contributed by atoms with E-state index in [0.29, 0.717) is 17.3 Å². The van der Waals surface area contributed by atoms with Gasteiger partial charge in [-0.25, -0.2) is 14.6 Å². The molecule has 0 aliphatic carbocycles. The molecule has 1 aromatic carbocycles. The smallest absolute Gasteiger partial charge is 0.181 e. The van der Waals surface area contributed by atoms with E-state index in [0.717, 1.165) is 17.0 Å². The Morgan fingerprint density at radius 2 is 1.95 bits per heavy atom. The van der Waals surface area contributed by atoms with E-state index in [4.69, 9.17) is 5.73 Å². The maximum atomic E-state index is 5.77. The lowest BCUT2D eigenvalue weighted by Crippen LogP contribution is -2.02. The minimum absolute atomic E-state index is 0.609. The zero-order chi connectivity index (χ0) is 14.1. The molecule has 2 N–H and O–H groups in total. The summed E-state index contributed by atoms with van der Waals surface area (Å²) in [4.78, 5) is 13.0. The summed E-state index contributed by atoms with van der Waals surface area (Å²) in [6.07, 6.45) is 3.30. The number of hydrogen-bond acceptors (Lipinski definition) is 5. The van der Waals surface area contributed by atoms with Gasteiger partial charge in [-0.1, -0.05) is 12.1 Å². The van der Waals surface area contributed by atoms with Gasteiger partial charge in [0, 0.05) is 11.3 Å². The molecule has 0 fully saturated rings. The maximum Gasteiger partial charge on any atom is 0.181 e. The highest BCUT2D eigenvalue weighted by atomic mass is 15.4. The first kappa shape index (κ1) is 12.3. The molecule has 6 nitrogen and oxygen atoms in total. The van der Waals surface area contributed by atoms with Crippen LogP contribution in [0.4, 0.5) is 5.69 Å². The predicted molar refractivity (Wildman–Crippen MR) is 76.3 cm³/mol. The molecule has 0 bridgehead atoms. The van der Waals surface area contributed by atoms with Crippen LogP contribution in [-0.2, 0) is 0 Å². The highest BCUT2D eigenvalue weighted by Crippen LogP contribution is 2.17. The zero-order valence-corrected chi connectivity index (χ0v) is 11.3. The number of aryl methyl sites for hydroxylation is 2. The highest BCUT2D eigenvalue weighted by Gasteiger charge is 2.08. The normalized spacial score (nSPS) is 10.7. The Hall–Kier alpha value is -2.76. The topological polar surface area (TPSA) is 82.5 Å². The van der Waals surface area contributed by atoms with Gasteiger partial charge in [-0.2, -0.15) is 0 Å². The third-order valence-electron chi connectivity index (χ3n) is 3.05. The lowest BCUT2D eigenvalue weighted by Gasteiger charge is -2.02. The summed E-state index contributed by atoms with van der Waals surface area (Å²) in [5.41, 5.74) is 9.11. The van der Waals surface area contributed by atoms with Crippen molar-refractivity contribution in [3.05, 3.63) is 48.2 Å². The average Bonchev–Trinajstić information content (AvgIpc) is 2.92. The van der Waals surface area contributed by atoms with E-state index < -0.39 is 0 Å². The molecule has 2 heterocycles. The van der Waals surface area contributed by atoms with Gasteiger partial charge in [-0.15, -0.1) is 5.10 Å². The van der Waals surface area contributed by atoms with Crippen molar-refractivity contribution in [2.75, 3.05) is 5.73 Å². The molecule has 0 aliphatic rings. The second-order valence-corrected chi connectivity index (χ2v) is 4.54. The second kappa shape index (κ2) is 4.73. The molecule has 3 rings (SSSR count). The first-order chi connectivity index (χ1) is 9.63. The molecule has 0 saturated carbocycles. The van der Waals surface area contributed by atoms with Crippen molar-refractivity contribution in [1.82, 2.24) is 24.7 Å². The van der Waals surface area contributed by atoms with E-state index in [1.54, 1.807) is 17.2 Å². The van der Waals surface area contributed by atoms with Crippen LogP contribution in [0.25, 0.3) is 17.2 Å². The van der Waals surface area contributed by atoms with Crippen molar-refractivity contribution in [3.8, 4) is 17.2 Å². The molecule has 3 aromatic rings. The molecule has 100 valence electrons. The van der Waals surface area contributed by atoms with Crippen LogP contribution >= 0.6 is 0 Å². The summed E-state index contributed by atoms with van der Waals surface area (Å²) in [6.45, 7) is 3.84. The summed E-state index contributed by atoms with van der Waals surface area (Å²) in [5.74, 6) is 1.26. The van der Waals surface area contributed by atoms with E-state index in [1.807, 2.05) is 38.1 Å². The lowest BCUT2D eigenvalue weighted by atomic mass is 10.2. The minimum atomic E-state index is 0.609. The Labute approximate surface area is 116 Å². The number of nitrogen functional groups attached to an aromatic ring is 1. The summed E-state index contributed by atoms with van der Waals surface area (Å²) in [6, 6.07) is 7.46. The molecular weight excluding hydrogens is 252 g/mol. The van der Waals surface area contributed by atoms with Crippen LogP contribution in [0.3, 0.4) is 0 Å². The Kier molecular flexibility index (Phi) is 2.90. The van der Waals surface area contributed by atoms with Crippen molar-refractivity contribution in [2.24, 2.45) is 0 Å². The average molecular weight is 266 g/mol. The maximum absolute atomic E-state index is 5.77. The van der Waals surface area contributed by atoms with Crippen LogP contribution in [0.2, 0.25) is 0 Å². The number of rotatable bonds is 2. The van der Waals surface area contributed by atoms with Crippen molar-refractivity contribution < 1.29 is 0 Å². The van der Waals surface area contributed by atoms with Gasteiger partial charge in [0.1, 0.15) is 6.33 Å². The van der Waals surface area contributed by atoms with Crippen LogP contribution < -0.4 is 5.73 Å². The zero-order valence-electron chi connectivity index (χ0n) is 11.3. The van der Waals surface area contributed by atoms with Crippen LogP contribution in [0.15, 0.2) is 36.8 Å². The van der Waals surface area contributed by atoms with E-state index in [2.05, 4.69) is 20.1 Å². The van der Waals surface area contributed by atoms with Crippen molar-refractivity contribution >= 4 is 5.69 Å². The number of nitrogens with two attached hydrogens (primary N) is 1. The molecule has 0 radical (unpaired) electrons. The lowest BCUT2D eigenvalue weighted by molar-refractivity contribution is 0.825. The number of nitrogens with zero attached hydrogens (tertiary/aromatic N) is 5. The van der Waals surface area contributed by atoms with E-state index >= 15 is 0 Å². The Bertz CT molecular complexity index is 762. The van der Waals surface area contributed by atoms with Crippen LogP contribution in [0.5, 0.6) is 0 Å². The summed E-state index contributed by atoms with van der Waals surface area (Å²) in [5, 5.41) is 4.41. The van der Waals surface area contributed by atoms with Gasteiger partial charge >= 0.3 is 0 Å². The van der Waals surface area contributed by atoms with Gasteiger partial charge in [0.05, 0.1) is 17.6 Å². The van der Waals surface area contributed by atoms with Crippen LogP contribution in [0, 0.1) is 13.8 Å². The fourth-order valence-electron chi connectivity index (χ4n) is 1.82. The standard InChI is InChI=1S/C14H14N6/c1-9-10(2)18-13(7-16-9)20-8-17-14(19-20)11-4-3-5-12(15)6-11/h3-8H,15H2,1-2H3. The van der Waals surface area contributed by atoms with Gasteiger partial charge < -0.3 is 5.73 Å². The Morgan fingerprint density at radius 1 is 1.10 bits per heavy atom. The fraction of sp³-hybridized carbons (Fsp3) is 0.143. The summed E-state index contributed by atoms with van der Waals surface area (Å²) in [7, 11) is 0.